The Morgan fingerprint density at radius 2 is 1.81 bits per heavy atom. The van der Waals surface area contributed by atoms with Gasteiger partial charge in [0.2, 0.25) is 19.8 Å². The molecule has 0 aromatic heterocycles. The fourth-order valence-electron chi connectivity index (χ4n) is 4.49. The molecule has 4 rings (SSSR count). The Kier molecular flexibility index (Phi) is 6.86. The maximum atomic E-state index is 14.8. The summed E-state index contributed by atoms with van der Waals surface area (Å²) in [5.74, 6) is -7.83. The highest BCUT2D eigenvalue weighted by Crippen LogP contribution is 2.37. The second-order valence-corrected chi connectivity index (χ2v) is 9.20. The maximum absolute atomic E-state index is 14.8. The standard InChI is InChI=1S/C22H13B5ClF2N3O4/c23-13-7-11-16(22(25,26)33(19(11)36)14-5-6-15(34)31-18(14)35)17(24)12(13)8-32(27)20(37)21(29,30)9-1-3-10(28)4-2-9/h1-4,7,14H,5-6,8H2,(H,31,34,35). The normalized spacial score (nSPS) is 18.9. The van der Waals surface area contributed by atoms with Crippen LogP contribution in [0.2, 0.25) is 5.02 Å². The summed E-state index contributed by atoms with van der Waals surface area (Å²) in [6, 6.07) is 4.35. The average molecular weight is 511 g/mol. The third-order valence-corrected chi connectivity index (χ3v) is 6.60. The zero-order chi connectivity index (χ0) is 27.4. The van der Waals surface area contributed by atoms with Crippen molar-refractivity contribution < 1.29 is 28.0 Å². The van der Waals surface area contributed by atoms with Gasteiger partial charge >= 0.3 is 5.92 Å². The number of carbonyl (C=O) groups excluding carboxylic acids is 4. The molecule has 0 spiro atoms. The molecule has 10 radical (unpaired) electrons. The molecule has 1 saturated heterocycles. The lowest BCUT2D eigenvalue weighted by Crippen LogP contribution is -2.59. The average Bonchev–Trinajstić information content (AvgIpc) is 3.01. The van der Waals surface area contributed by atoms with E-state index in [9.17, 15) is 28.0 Å². The molecule has 4 amide bonds. The Balaban J connectivity index is 1.66. The molecule has 7 nitrogen and oxygen atoms in total. The minimum absolute atomic E-state index is 0.0341. The number of carbonyl (C=O) groups is 4. The van der Waals surface area contributed by atoms with E-state index in [1.54, 1.807) is 0 Å². The van der Waals surface area contributed by atoms with Crippen molar-refractivity contribution in [2.75, 3.05) is 0 Å². The summed E-state index contributed by atoms with van der Waals surface area (Å²) in [5.41, 5.74) is -1.38. The van der Waals surface area contributed by atoms with Crippen LogP contribution in [0.1, 0.15) is 39.9 Å². The van der Waals surface area contributed by atoms with Crippen molar-refractivity contribution in [1.82, 2.24) is 15.0 Å². The smallest absolute Gasteiger partial charge is 0.348 e. The Morgan fingerprint density at radius 1 is 1.19 bits per heavy atom. The van der Waals surface area contributed by atoms with Gasteiger partial charge in [-0.25, -0.2) is 0 Å². The van der Waals surface area contributed by atoms with Gasteiger partial charge in [0.25, 0.3) is 11.8 Å². The van der Waals surface area contributed by atoms with Crippen LogP contribution in [0.5, 0.6) is 0 Å². The lowest BCUT2D eigenvalue weighted by atomic mass is 9.54. The largest absolute Gasteiger partial charge is 0.387 e. The fraction of sp³-hybridized carbons (Fsp3) is 0.273. The van der Waals surface area contributed by atoms with Crippen LogP contribution in [0, 0.1) is 0 Å². The van der Waals surface area contributed by atoms with E-state index in [-0.39, 0.29) is 50.3 Å². The highest BCUT2D eigenvalue weighted by atomic mass is 35.5. The van der Waals surface area contributed by atoms with Crippen molar-refractivity contribution in [1.29, 1.82) is 0 Å². The summed E-state index contributed by atoms with van der Waals surface area (Å²) < 4.78 is 29.6. The molecule has 2 aromatic carbocycles. The topological polar surface area (TPSA) is 86.8 Å². The minimum Gasteiger partial charge on any atom is -0.387 e. The Hall–Kier alpha value is -3.01. The number of benzene rings is 2. The molecule has 1 N–H and O–H groups in total. The van der Waals surface area contributed by atoms with Crippen LogP contribution in [0.25, 0.3) is 0 Å². The van der Waals surface area contributed by atoms with Gasteiger partial charge in [-0.1, -0.05) is 40.7 Å². The van der Waals surface area contributed by atoms with Crippen LogP contribution in [-0.2, 0) is 32.2 Å². The number of imide groups is 1. The van der Waals surface area contributed by atoms with E-state index in [0.29, 0.717) is 0 Å². The van der Waals surface area contributed by atoms with Crippen LogP contribution >= 0.6 is 11.6 Å². The van der Waals surface area contributed by atoms with Crippen molar-refractivity contribution in [3.63, 3.8) is 0 Å². The zero-order valence-electron chi connectivity index (χ0n) is 19.1. The summed E-state index contributed by atoms with van der Waals surface area (Å²) in [5, 5.41) is 0.191. The first kappa shape index (κ1) is 27.0. The van der Waals surface area contributed by atoms with Gasteiger partial charge in [0.15, 0.2) is 0 Å². The second kappa shape index (κ2) is 9.38. The first-order valence-electron chi connectivity index (χ1n) is 10.8. The van der Waals surface area contributed by atoms with Gasteiger partial charge in [-0.05, 0) is 35.0 Å². The summed E-state index contributed by atoms with van der Waals surface area (Å²) >= 11 is 5.72. The van der Waals surface area contributed by atoms with Crippen molar-refractivity contribution in [2.24, 2.45) is 0 Å². The van der Waals surface area contributed by atoms with Gasteiger partial charge < -0.3 is 9.71 Å². The van der Waals surface area contributed by atoms with E-state index in [1.807, 2.05) is 0 Å². The molecule has 1 unspecified atom stereocenters. The maximum Gasteiger partial charge on any atom is 0.348 e. The van der Waals surface area contributed by atoms with E-state index >= 15 is 0 Å². The monoisotopic (exact) mass is 511 g/mol. The number of rotatable bonds is 5. The molecule has 37 heavy (non-hydrogen) atoms. The van der Waals surface area contributed by atoms with Gasteiger partial charge in [-0.2, -0.15) is 8.78 Å². The number of alkyl halides is 2. The van der Waals surface area contributed by atoms with Crippen molar-refractivity contribution >= 4 is 85.5 Å². The second-order valence-electron chi connectivity index (χ2n) is 8.76. The molecular weight excluding hydrogens is 498 g/mol. The Morgan fingerprint density at radius 3 is 2.41 bits per heavy atom. The van der Waals surface area contributed by atoms with E-state index < -0.39 is 53.0 Å². The van der Waals surface area contributed by atoms with Crippen LogP contribution in [0.15, 0.2) is 30.3 Å². The van der Waals surface area contributed by atoms with Gasteiger partial charge in [0.1, 0.15) is 21.7 Å². The van der Waals surface area contributed by atoms with Crippen LogP contribution in [0.3, 0.4) is 0 Å². The summed E-state index contributed by atoms with van der Waals surface area (Å²) in [7, 11) is 30.5. The summed E-state index contributed by atoms with van der Waals surface area (Å²) in [6.07, 6.45) is -0.0881. The van der Waals surface area contributed by atoms with Crippen molar-refractivity contribution in [3.05, 3.63) is 57.6 Å². The van der Waals surface area contributed by atoms with Gasteiger partial charge in [0, 0.05) is 29.1 Å². The van der Waals surface area contributed by atoms with Crippen LogP contribution in [0.4, 0.5) is 8.78 Å². The van der Waals surface area contributed by atoms with E-state index in [1.165, 1.54) is 18.2 Å². The number of fused-ring (bicyclic) bond motifs is 1. The molecule has 0 bridgehead atoms. The number of hydrogen-bond acceptors (Lipinski definition) is 4. The Bertz CT molecular complexity index is 1340. The van der Waals surface area contributed by atoms with Gasteiger partial charge in [-0.15, -0.1) is 0 Å². The lowest BCUT2D eigenvalue weighted by molar-refractivity contribution is -0.154. The molecular formula is C22H13B5ClF2N3O4. The van der Waals surface area contributed by atoms with Crippen LogP contribution < -0.4 is 16.2 Å². The van der Waals surface area contributed by atoms with E-state index in [4.69, 9.17) is 51.0 Å². The molecule has 0 saturated carbocycles. The summed E-state index contributed by atoms with van der Waals surface area (Å²) in [6.45, 7) is -0.685. The first-order chi connectivity index (χ1) is 17.2. The molecule has 1 atom stereocenters. The number of amides is 4. The number of nitrogens with one attached hydrogen (secondary N) is 1. The molecule has 2 aliphatic rings. The van der Waals surface area contributed by atoms with E-state index in [2.05, 4.69) is 5.32 Å². The molecule has 2 heterocycles. The number of piperidine rings is 1. The van der Waals surface area contributed by atoms with Crippen molar-refractivity contribution in [3.8, 4) is 0 Å². The first-order valence-corrected chi connectivity index (χ1v) is 11.2. The molecule has 0 aliphatic carbocycles. The summed E-state index contributed by atoms with van der Waals surface area (Å²) in [4.78, 5) is 50.8. The fourth-order valence-corrected chi connectivity index (χ4v) is 4.62. The van der Waals surface area contributed by atoms with E-state index in [0.717, 1.165) is 17.0 Å². The molecule has 2 aromatic rings. The lowest BCUT2D eigenvalue weighted by Gasteiger charge is -2.41. The molecule has 176 valence electrons. The SMILES string of the molecule is [B]c1cc2c(c([B])c1CN([B])C(=O)C(F)(F)c1ccc(Cl)cc1)C([B])([B])N(C1CCC(=O)NC1=O)C2=O. The van der Waals surface area contributed by atoms with Gasteiger partial charge in [0.05, 0.1) is 15.7 Å². The van der Waals surface area contributed by atoms with Gasteiger partial charge in [-0.3, -0.25) is 24.5 Å². The third-order valence-electron chi connectivity index (χ3n) is 6.35. The zero-order valence-corrected chi connectivity index (χ0v) is 19.9. The molecule has 2 aliphatic heterocycles. The Labute approximate surface area is 222 Å². The molecule has 15 heteroatoms. The van der Waals surface area contributed by atoms with Crippen LogP contribution in [-0.4, -0.2) is 78.7 Å². The number of nitrogens with zero attached hydrogens (tertiary/aromatic N) is 2. The minimum atomic E-state index is -4.01. The highest BCUT2D eigenvalue weighted by molar-refractivity contribution is 6.48. The predicted molar refractivity (Wildman–Crippen MR) is 134 cm³/mol. The quantitative estimate of drug-likeness (QED) is 0.406. The number of halogens is 3. The number of hydrogen-bond donors (Lipinski definition) is 1. The van der Waals surface area contributed by atoms with Crippen molar-refractivity contribution in [2.45, 2.75) is 36.7 Å². The molecule has 1 fully saturated rings. The highest BCUT2D eigenvalue weighted by Gasteiger charge is 2.49. The third kappa shape index (κ3) is 4.49. The predicted octanol–water partition coefficient (Wildman–Crippen LogP) is -1.16.